The van der Waals surface area contributed by atoms with E-state index in [0.717, 1.165) is 31.5 Å². The average Bonchev–Trinajstić information content (AvgIpc) is 3.27. The number of aromatic hydroxyl groups is 1. The van der Waals surface area contributed by atoms with E-state index in [1.54, 1.807) is 31.2 Å². The molecule has 0 unspecified atom stereocenters. The molecule has 1 atom stereocenters. The third-order valence-electron chi connectivity index (χ3n) is 4.87. The van der Waals surface area contributed by atoms with E-state index in [1.807, 2.05) is 4.90 Å². The fourth-order valence-electron chi connectivity index (χ4n) is 3.18. The van der Waals surface area contributed by atoms with Crippen LogP contribution < -0.4 is 10.5 Å². The van der Waals surface area contributed by atoms with Gasteiger partial charge in [0.25, 0.3) is 0 Å². The number of nitrogens with one attached hydrogen (secondary N) is 2. The van der Waals surface area contributed by atoms with Crippen LogP contribution in [0.1, 0.15) is 41.3 Å². The average molecular weight is 410 g/mol. The van der Waals surface area contributed by atoms with Crippen LogP contribution in [0, 0.1) is 10.8 Å². The van der Waals surface area contributed by atoms with Crippen molar-refractivity contribution in [2.75, 3.05) is 19.7 Å². The van der Waals surface area contributed by atoms with Crippen LogP contribution in [0.2, 0.25) is 0 Å². The fraction of sp³-hybridized carbons (Fsp3) is 0.318. The first kappa shape index (κ1) is 21.2. The summed E-state index contributed by atoms with van der Waals surface area (Å²) in [7, 11) is 0. The first-order valence-electron chi connectivity index (χ1n) is 9.80. The van der Waals surface area contributed by atoms with Gasteiger partial charge in [-0.05, 0) is 50.1 Å². The maximum atomic E-state index is 12.4. The number of rotatable bonds is 7. The number of ether oxygens (including phenoxy) is 2. The summed E-state index contributed by atoms with van der Waals surface area (Å²) in [5, 5.41) is 25.6. The third-order valence-corrected chi connectivity index (χ3v) is 4.87. The Labute approximate surface area is 175 Å². The number of phenolic OH excluding ortho intramolecular Hbond substituents is 1. The number of nitrogens with zero attached hydrogens (tertiary/aromatic N) is 1. The molecule has 158 valence electrons. The van der Waals surface area contributed by atoms with Gasteiger partial charge in [0.15, 0.2) is 11.5 Å². The van der Waals surface area contributed by atoms with Gasteiger partial charge in [-0.25, -0.2) is 4.79 Å². The van der Waals surface area contributed by atoms with E-state index < -0.39 is 12.1 Å². The SMILES string of the molecule is C[C@@H](COc1cc(C(=N)N)ccc1O)OC(=O)c1ccc(C(=N)N2CCCC2)cc1. The Bertz CT molecular complexity index is 937. The minimum atomic E-state index is -0.569. The molecule has 0 aromatic heterocycles. The molecule has 0 spiro atoms. The molecule has 1 fully saturated rings. The molecule has 1 aliphatic rings. The van der Waals surface area contributed by atoms with Crippen molar-refractivity contribution in [3.63, 3.8) is 0 Å². The van der Waals surface area contributed by atoms with E-state index in [4.69, 9.17) is 26.0 Å². The molecule has 0 aliphatic carbocycles. The topological polar surface area (TPSA) is 133 Å². The quantitative estimate of drug-likeness (QED) is 0.315. The molecule has 1 saturated heterocycles. The number of carbonyl (C=O) groups excluding carboxylic acids is 1. The summed E-state index contributed by atoms with van der Waals surface area (Å²) in [6, 6.07) is 11.2. The molecule has 2 aromatic rings. The Morgan fingerprint density at radius 2 is 1.70 bits per heavy atom. The molecule has 1 aliphatic heterocycles. The molecule has 3 rings (SSSR count). The largest absolute Gasteiger partial charge is 0.504 e. The second-order valence-electron chi connectivity index (χ2n) is 7.24. The van der Waals surface area contributed by atoms with E-state index in [0.29, 0.717) is 17.0 Å². The van der Waals surface area contributed by atoms with Crippen LogP contribution in [0.4, 0.5) is 0 Å². The number of amidine groups is 2. The fourth-order valence-corrected chi connectivity index (χ4v) is 3.18. The van der Waals surface area contributed by atoms with Gasteiger partial charge in [-0.15, -0.1) is 0 Å². The first-order chi connectivity index (χ1) is 14.3. The van der Waals surface area contributed by atoms with Gasteiger partial charge in [0, 0.05) is 24.2 Å². The Morgan fingerprint density at radius 3 is 2.33 bits per heavy atom. The summed E-state index contributed by atoms with van der Waals surface area (Å²) in [5.74, 6) is -0.0839. The highest BCUT2D eigenvalue weighted by molar-refractivity contribution is 5.98. The maximum absolute atomic E-state index is 12.4. The second kappa shape index (κ2) is 9.30. The Balaban J connectivity index is 1.54. The summed E-state index contributed by atoms with van der Waals surface area (Å²) in [6.07, 6.45) is 1.63. The predicted molar refractivity (Wildman–Crippen MR) is 114 cm³/mol. The zero-order valence-corrected chi connectivity index (χ0v) is 16.9. The lowest BCUT2D eigenvalue weighted by molar-refractivity contribution is 0.0226. The summed E-state index contributed by atoms with van der Waals surface area (Å²) < 4.78 is 10.9. The van der Waals surface area contributed by atoms with E-state index in [2.05, 4.69) is 0 Å². The number of benzene rings is 2. The minimum Gasteiger partial charge on any atom is -0.504 e. The number of carbonyl (C=O) groups is 1. The normalized spacial score (nSPS) is 14.2. The molecule has 8 heteroatoms. The monoisotopic (exact) mass is 410 g/mol. The van der Waals surface area contributed by atoms with Crippen LogP contribution in [-0.2, 0) is 4.74 Å². The number of esters is 1. The Hall–Kier alpha value is -3.55. The molecular formula is C22H26N4O4. The zero-order chi connectivity index (χ0) is 21.7. The molecule has 5 N–H and O–H groups in total. The van der Waals surface area contributed by atoms with E-state index in [1.165, 1.54) is 18.2 Å². The predicted octanol–water partition coefficient (Wildman–Crippen LogP) is 2.72. The van der Waals surface area contributed by atoms with E-state index in [9.17, 15) is 9.90 Å². The number of nitrogens with two attached hydrogens (primary N) is 1. The van der Waals surface area contributed by atoms with Gasteiger partial charge in [-0.1, -0.05) is 12.1 Å². The van der Waals surface area contributed by atoms with E-state index >= 15 is 0 Å². The van der Waals surface area contributed by atoms with Gasteiger partial charge in [0.1, 0.15) is 24.4 Å². The minimum absolute atomic E-state index is 0.0261. The molecule has 0 saturated carbocycles. The van der Waals surface area contributed by atoms with Gasteiger partial charge in [0.2, 0.25) is 0 Å². The van der Waals surface area contributed by atoms with Gasteiger partial charge in [-0.2, -0.15) is 0 Å². The van der Waals surface area contributed by atoms with Crippen molar-refractivity contribution in [1.82, 2.24) is 4.90 Å². The first-order valence-corrected chi connectivity index (χ1v) is 9.80. The van der Waals surface area contributed by atoms with Crippen LogP contribution in [-0.4, -0.2) is 53.4 Å². The number of nitrogen functional groups attached to an aromatic ring is 1. The molecule has 1 heterocycles. The Kier molecular flexibility index (Phi) is 6.56. The van der Waals surface area contributed by atoms with Crippen molar-refractivity contribution < 1.29 is 19.4 Å². The molecule has 2 aromatic carbocycles. The van der Waals surface area contributed by atoms with Gasteiger partial charge in [-0.3, -0.25) is 10.8 Å². The van der Waals surface area contributed by atoms with Crippen LogP contribution in [0.5, 0.6) is 11.5 Å². The van der Waals surface area contributed by atoms with Crippen molar-refractivity contribution in [3.8, 4) is 11.5 Å². The maximum Gasteiger partial charge on any atom is 0.338 e. The summed E-state index contributed by atoms with van der Waals surface area (Å²) in [5.41, 5.74) is 7.03. The summed E-state index contributed by atoms with van der Waals surface area (Å²) in [4.78, 5) is 14.4. The second-order valence-corrected chi connectivity index (χ2v) is 7.24. The van der Waals surface area contributed by atoms with Crippen LogP contribution in [0.3, 0.4) is 0 Å². The molecule has 30 heavy (non-hydrogen) atoms. The lowest BCUT2D eigenvalue weighted by atomic mass is 10.1. The molecule has 0 amide bonds. The molecule has 0 bridgehead atoms. The number of hydrogen-bond donors (Lipinski definition) is 4. The van der Waals surface area contributed by atoms with Crippen LogP contribution >= 0.6 is 0 Å². The molecule has 0 radical (unpaired) electrons. The van der Waals surface area contributed by atoms with Crippen molar-refractivity contribution in [2.45, 2.75) is 25.9 Å². The third kappa shape index (κ3) is 5.08. The van der Waals surface area contributed by atoms with Gasteiger partial charge in [0.05, 0.1) is 5.56 Å². The van der Waals surface area contributed by atoms with Crippen molar-refractivity contribution in [2.24, 2.45) is 5.73 Å². The van der Waals surface area contributed by atoms with Crippen molar-refractivity contribution in [1.29, 1.82) is 10.8 Å². The zero-order valence-electron chi connectivity index (χ0n) is 16.9. The highest BCUT2D eigenvalue weighted by Crippen LogP contribution is 2.27. The van der Waals surface area contributed by atoms with Gasteiger partial charge < -0.3 is 25.2 Å². The smallest absolute Gasteiger partial charge is 0.338 e. The summed E-state index contributed by atoms with van der Waals surface area (Å²) in [6.45, 7) is 3.50. The standard InChI is InChI=1S/C22H26N4O4/c1-14(13-29-19-12-17(20(23)24)8-9-18(19)27)30-22(28)16-6-4-15(5-7-16)21(25)26-10-2-3-11-26/h4-9,12,14,25,27H,2-3,10-11,13H2,1H3,(H3,23,24)/t14-/m0/s1. The summed E-state index contributed by atoms with van der Waals surface area (Å²) >= 11 is 0. The molecule has 8 nitrogen and oxygen atoms in total. The van der Waals surface area contributed by atoms with E-state index in [-0.39, 0.29) is 23.9 Å². The van der Waals surface area contributed by atoms with Crippen molar-refractivity contribution >= 4 is 17.6 Å². The van der Waals surface area contributed by atoms with Crippen LogP contribution in [0.25, 0.3) is 0 Å². The van der Waals surface area contributed by atoms with Crippen molar-refractivity contribution in [3.05, 3.63) is 59.2 Å². The van der Waals surface area contributed by atoms with Gasteiger partial charge >= 0.3 is 5.97 Å². The lowest BCUT2D eigenvalue weighted by Crippen LogP contribution is -2.27. The Morgan fingerprint density at radius 1 is 1.10 bits per heavy atom. The van der Waals surface area contributed by atoms with Crippen LogP contribution in [0.15, 0.2) is 42.5 Å². The molecular weight excluding hydrogens is 384 g/mol. The lowest BCUT2D eigenvalue weighted by Gasteiger charge is -2.18. The number of hydrogen-bond acceptors (Lipinski definition) is 6. The number of phenols is 1. The highest BCUT2D eigenvalue weighted by Gasteiger charge is 2.18. The number of likely N-dealkylation sites (tertiary alicyclic amines) is 1. The highest BCUT2D eigenvalue weighted by atomic mass is 16.6.